The van der Waals surface area contributed by atoms with Crippen LogP contribution in [-0.4, -0.2) is 13.1 Å². The van der Waals surface area contributed by atoms with Crippen molar-refractivity contribution in [2.75, 3.05) is 7.11 Å². The van der Waals surface area contributed by atoms with Gasteiger partial charge in [0.1, 0.15) is 5.92 Å². The molecule has 3 nitrogen and oxygen atoms in total. The van der Waals surface area contributed by atoms with E-state index in [4.69, 9.17) is 5.26 Å². The monoisotopic (exact) mass is 181 g/mol. The molecule has 0 spiro atoms. The van der Waals surface area contributed by atoms with Gasteiger partial charge in [0, 0.05) is 0 Å². The van der Waals surface area contributed by atoms with Crippen LogP contribution in [0.15, 0.2) is 12.2 Å². The van der Waals surface area contributed by atoms with Crippen molar-refractivity contribution >= 4 is 5.97 Å². The molecule has 0 aliphatic heterocycles. The Balaban J connectivity index is 4.23. The summed E-state index contributed by atoms with van der Waals surface area (Å²) in [5.74, 6) is -0.962. The van der Waals surface area contributed by atoms with E-state index < -0.39 is 11.9 Å². The van der Waals surface area contributed by atoms with Crippen LogP contribution in [0.5, 0.6) is 0 Å². The quantitative estimate of drug-likeness (QED) is 0.491. The molecule has 2 atom stereocenters. The first kappa shape index (κ1) is 11.7. The Morgan fingerprint density at radius 1 is 1.69 bits per heavy atom. The van der Waals surface area contributed by atoms with E-state index in [-0.39, 0.29) is 5.92 Å². The number of carbonyl (C=O) groups is 1. The van der Waals surface area contributed by atoms with Crippen LogP contribution in [0.1, 0.15) is 20.3 Å². The fraction of sp³-hybridized carbons (Fsp3) is 0.600. The highest BCUT2D eigenvalue weighted by Crippen LogP contribution is 2.18. The Labute approximate surface area is 79.0 Å². The summed E-state index contributed by atoms with van der Waals surface area (Å²) in [5.41, 5.74) is 0.976. The molecule has 0 heterocycles. The molecule has 0 saturated carbocycles. The lowest BCUT2D eigenvalue weighted by Gasteiger charge is -2.13. The number of esters is 1. The van der Waals surface area contributed by atoms with Crippen molar-refractivity contribution in [1.29, 1.82) is 5.26 Å². The Kier molecular flexibility index (Phi) is 4.83. The van der Waals surface area contributed by atoms with Crippen LogP contribution in [0, 0.1) is 23.2 Å². The molecule has 0 aromatic rings. The van der Waals surface area contributed by atoms with Gasteiger partial charge in [-0.1, -0.05) is 19.1 Å². The number of carbonyl (C=O) groups excluding carboxylic acids is 1. The normalized spacial score (nSPS) is 14.0. The first-order valence-electron chi connectivity index (χ1n) is 4.15. The highest BCUT2D eigenvalue weighted by atomic mass is 16.5. The van der Waals surface area contributed by atoms with Crippen molar-refractivity contribution in [3.63, 3.8) is 0 Å². The molecular weight excluding hydrogens is 166 g/mol. The van der Waals surface area contributed by atoms with E-state index in [1.165, 1.54) is 7.11 Å². The molecule has 0 aromatic heterocycles. The minimum absolute atomic E-state index is 0.170. The summed E-state index contributed by atoms with van der Waals surface area (Å²) in [6.07, 6.45) is 0.485. The maximum Gasteiger partial charge on any atom is 0.323 e. The maximum atomic E-state index is 11.0. The second-order valence-electron chi connectivity index (χ2n) is 3.19. The van der Waals surface area contributed by atoms with Gasteiger partial charge in [0.25, 0.3) is 0 Å². The molecule has 2 unspecified atom stereocenters. The topological polar surface area (TPSA) is 50.1 Å². The third-order valence-corrected chi connectivity index (χ3v) is 2.07. The molecule has 0 aromatic carbocycles. The SMILES string of the molecule is C=C(C)C(C)CC(C#N)C(=O)OC. The van der Waals surface area contributed by atoms with Gasteiger partial charge in [-0.05, 0) is 19.3 Å². The Bertz CT molecular complexity index is 240. The van der Waals surface area contributed by atoms with Gasteiger partial charge < -0.3 is 4.74 Å². The second kappa shape index (κ2) is 5.36. The molecule has 0 rings (SSSR count). The molecule has 0 aliphatic rings. The zero-order valence-corrected chi connectivity index (χ0v) is 8.33. The van der Waals surface area contributed by atoms with Gasteiger partial charge in [0.15, 0.2) is 0 Å². The average Bonchev–Trinajstić information content (AvgIpc) is 2.12. The summed E-state index contributed by atoms with van der Waals surface area (Å²) in [4.78, 5) is 11.0. The van der Waals surface area contributed by atoms with E-state index in [0.29, 0.717) is 6.42 Å². The van der Waals surface area contributed by atoms with Gasteiger partial charge in [-0.3, -0.25) is 4.79 Å². The van der Waals surface area contributed by atoms with Crippen molar-refractivity contribution < 1.29 is 9.53 Å². The summed E-state index contributed by atoms with van der Waals surface area (Å²) in [5, 5.41) is 8.68. The van der Waals surface area contributed by atoms with E-state index in [9.17, 15) is 4.79 Å². The van der Waals surface area contributed by atoms with Gasteiger partial charge >= 0.3 is 5.97 Å². The van der Waals surface area contributed by atoms with Crippen LogP contribution in [0.2, 0.25) is 0 Å². The van der Waals surface area contributed by atoms with E-state index in [1.807, 2.05) is 19.9 Å². The van der Waals surface area contributed by atoms with Gasteiger partial charge in [0.05, 0.1) is 13.2 Å². The molecule has 0 amide bonds. The number of nitriles is 1. The molecule has 0 bridgehead atoms. The van der Waals surface area contributed by atoms with Gasteiger partial charge in [-0.25, -0.2) is 0 Å². The van der Waals surface area contributed by atoms with Gasteiger partial charge in [-0.15, -0.1) is 0 Å². The molecule has 0 fully saturated rings. The van der Waals surface area contributed by atoms with E-state index in [0.717, 1.165) is 5.57 Å². The highest BCUT2D eigenvalue weighted by Gasteiger charge is 2.21. The van der Waals surface area contributed by atoms with Crippen molar-refractivity contribution in [3.8, 4) is 6.07 Å². The maximum absolute atomic E-state index is 11.0. The zero-order chi connectivity index (χ0) is 10.4. The standard InChI is InChI=1S/C10H15NO2/c1-7(2)8(3)5-9(6-11)10(12)13-4/h8-9H,1,5H2,2-4H3. The van der Waals surface area contributed by atoms with Crippen LogP contribution >= 0.6 is 0 Å². The van der Waals surface area contributed by atoms with Crippen LogP contribution in [0.25, 0.3) is 0 Å². The average molecular weight is 181 g/mol. The second-order valence-corrected chi connectivity index (χ2v) is 3.19. The summed E-state index contributed by atoms with van der Waals surface area (Å²) in [7, 11) is 1.29. The Hall–Kier alpha value is -1.30. The minimum atomic E-state index is -0.670. The number of nitrogens with zero attached hydrogens (tertiary/aromatic N) is 1. The lowest BCUT2D eigenvalue weighted by Crippen LogP contribution is -2.17. The van der Waals surface area contributed by atoms with Crippen molar-refractivity contribution in [2.24, 2.45) is 11.8 Å². The largest absolute Gasteiger partial charge is 0.468 e. The predicted octanol–water partition coefficient (Wildman–Crippen LogP) is 1.90. The van der Waals surface area contributed by atoms with Gasteiger partial charge in [0.2, 0.25) is 0 Å². The van der Waals surface area contributed by atoms with Crippen molar-refractivity contribution in [3.05, 3.63) is 12.2 Å². The number of ether oxygens (including phenoxy) is 1. The fourth-order valence-corrected chi connectivity index (χ4v) is 0.899. The number of rotatable bonds is 4. The summed E-state index contributed by atoms with van der Waals surface area (Å²) in [6, 6.07) is 1.92. The third-order valence-electron chi connectivity index (χ3n) is 2.07. The predicted molar refractivity (Wildman–Crippen MR) is 49.7 cm³/mol. The van der Waals surface area contributed by atoms with E-state index in [2.05, 4.69) is 11.3 Å². The fourth-order valence-electron chi connectivity index (χ4n) is 0.899. The number of allylic oxidation sites excluding steroid dienone is 1. The zero-order valence-electron chi connectivity index (χ0n) is 8.33. The molecule has 0 N–H and O–H groups in total. The van der Waals surface area contributed by atoms with Crippen LogP contribution < -0.4 is 0 Å². The molecular formula is C10H15NO2. The van der Waals surface area contributed by atoms with E-state index in [1.54, 1.807) is 0 Å². The number of hydrogen-bond acceptors (Lipinski definition) is 3. The summed E-state index contributed by atoms with van der Waals surface area (Å²) in [6.45, 7) is 7.59. The lowest BCUT2D eigenvalue weighted by atomic mass is 9.92. The van der Waals surface area contributed by atoms with Crippen LogP contribution in [-0.2, 0) is 9.53 Å². The minimum Gasteiger partial charge on any atom is -0.468 e. The van der Waals surface area contributed by atoms with Crippen LogP contribution in [0.3, 0.4) is 0 Å². The lowest BCUT2D eigenvalue weighted by molar-refractivity contribution is -0.143. The van der Waals surface area contributed by atoms with E-state index >= 15 is 0 Å². The van der Waals surface area contributed by atoms with Crippen molar-refractivity contribution in [2.45, 2.75) is 20.3 Å². The first-order valence-corrected chi connectivity index (χ1v) is 4.15. The Morgan fingerprint density at radius 2 is 2.23 bits per heavy atom. The third kappa shape index (κ3) is 3.75. The molecule has 0 radical (unpaired) electrons. The van der Waals surface area contributed by atoms with Crippen molar-refractivity contribution in [1.82, 2.24) is 0 Å². The Morgan fingerprint density at radius 3 is 2.54 bits per heavy atom. The molecule has 72 valence electrons. The molecule has 13 heavy (non-hydrogen) atoms. The summed E-state index contributed by atoms with van der Waals surface area (Å²) >= 11 is 0. The molecule has 3 heteroatoms. The number of methoxy groups -OCH3 is 1. The van der Waals surface area contributed by atoms with Gasteiger partial charge in [-0.2, -0.15) is 5.26 Å². The first-order chi connectivity index (χ1) is 6.02. The molecule has 0 saturated heterocycles. The summed E-state index contributed by atoms with van der Waals surface area (Å²) < 4.78 is 4.49. The highest BCUT2D eigenvalue weighted by molar-refractivity contribution is 5.75. The smallest absolute Gasteiger partial charge is 0.323 e. The molecule has 0 aliphatic carbocycles. The number of hydrogen-bond donors (Lipinski definition) is 0. The van der Waals surface area contributed by atoms with Crippen LogP contribution in [0.4, 0.5) is 0 Å².